The quantitative estimate of drug-likeness (QED) is 0.541. The molecule has 0 aliphatic carbocycles. The van der Waals surface area contributed by atoms with Crippen LogP contribution in [0.25, 0.3) is 6.08 Å². The lowest BCUT2D eigenvalue weighted by Crippen LogP contribution is -2.00. The van der Waals surface area contributed by atoms with Crippen LogP contribution in [-0.4, -0.2) is 5.78 Å². The van der Waals surface area contributed by atoms with Crippen molar-refractivity contribution < 1.29 is 18.7 Å². The number of fused-ring (bicyclic) bond motifs is 1. The normalized spacial score (nSPS) is 14.3. The van der Waals surface area contributed by atoms with Gasteiger partial charge in [-0.15, -0.1) is 0 Å². The number of ketones is 1. The van der Waals surface area contributed by atoms with Gasteiger partial charge in [0.15, 0.2) is 5.76 Å². The van der Waals surface area contributed by atoms with Crippen molar-refractivity contribution in [2.45, 2.75) is 20.5 Å². The lowest BCUT2D eigenvalue weighted by Gasteiger charge is -2.09. The second-order valence-electron chi connectivity index (χ2n) is 6.42. The van der Waals surface area contributed by atoms with E-state index in [-0.39, 0.29) is 11.5 Å². The molecule has 4 nitrogen and oxygen atoms in total. The molecule has 0 saturated heterocycles. The van der Waals surface area contributed by atoms with Crippen molar-refractivity contribution in [3.63, 3.8) is 0 Å². The third-order valence-electron chi connectivity index (χ3n) is 4.27. The van der Waals surface area contributed by atoms with Crippen LogP contribution in [0.3, 0.4) is 0 Å². The minimum absolute atomic E-state index is 0.155. The molecular weight excluding hydrogens is 364 g/mol. The van der Waals surface area contributed by atoms with Gasteiger partial charge in [0.25, 0.3) is 0 Å². The summed E-state index contributed by atoms with van der Waals surface area (Å²) in [6.45, 7) is 4.09. The number of carbonyl (C=O) groups excluding carboxylic acids is 1. The molecule has 0 N–H and O–H groups in total. The van der Waals surface area contributed by atoms with Gasteiger partial charge >= 0.3 is 0 Å². The van der Waals surface area contributed by atoms with Crippen molar-refractivity contribution in [2.24, 2.45) is 0 Å². The minimum Gasteiger partial charge on any atom is -0.489 e. The van der Waals surface area contributed by atoms with E-state index in [0.29, 0.717) is 34.5 Å². The molecule has 3 aromatic rings. The summed E-state index contributed by atoms with van der Waals surface area (Å²) in [6, 6.07) is 14.7. The summed E-state index contributed by atoms with van der Waals surface area (Å²) in [4.78, 5) is 12.7. The average molecular weight is 381 g/mol. The second kappa shape index (κ2) is 6.97. The van der Waals surface area contributed by atoms with Crippen LogP contribution in [0.2, 0.25) is 5.02 Å². The van der Waals surface area contributed by atoms with Crippen molar-refractivity contribution in [1.29, 1.82) is 0 Å². The molecule has 2 aromatic carbocycles. The molecule has 0 unspecified atom stereocenters. The molecule has 5 heteroatoms. The number of halogens is 1. The molecule has 1 aliphatic rings. The molecule has 0 spiro atoms. The molecule has 1 aliphatic heterocycles. The summed E-state index contributed by atoms with van der Waals surface area (Å²) >= 11 is 6.00. The van der Waals surface area contributed by atoms with Gasteiger partial charge in [0.1, 0.15) is 29.6 Å². The standard InChI is InChI=1S/C22H17ClO4/c1-13-8-18(25-12-15-4-3-5-16(23)9-15)11-19-21(13)22(24)20(27-19)10-17-7-6-14(2)26-17/h3-11H,12H2,1-2H3/b20-10-. The minimum atomic E-state index is -0.155. The number of allylic oxidation sites excluding steroid dienone is 1. The van der Waals surface area contributed by atoms with Crippen LogP contribution in [0.4, 0.5) is 0 Å². The molecule has 0 fully saturated rings. The van der Waals surface area contributed by atoms with E-state index in [9.17, 15) is 4.79 Å². The fourth-order valence-electron chi connectivity index (χ4n) is 3.01. The van der Waals surface area contributed by atoms with Crippen LogP contribution < -0.4 is 9.47 Å². The van der Waals surface area contributed by atoms with Gasteiger partial charge in [0, 0.05) is 17.2 Å². The third-order valence-corrected chi connectivity index (χ3v) is 4.51. The van der Waals surface area contributed by atoms with E-state index < -0.39 is 0 Å². The Morgan fingerprint density at radius 1 is 1.11 bits per heavy atom. The number of carbonyl (C=O) groups is 1. The summed E-state index contributed by atoms with van der Waals surface area (Å²) in [6.07, 6.45) is 1.61. The number of hydrogen-bond acceptors (Lipinski definition) is 4. The molecule has 4 rings (SSSR count). The molecule has 1 aromatic heterocycles. The SMILES string of the molecule is Cc1ccc(/C=C2\Oc3cc(OCc4cccc(Cl)c4)cc(C)c3C2=O)o1. The highest BCUT2D eigenvalue weighted by Crippen LogP contribution is 2.37. The van der Waals surface area contributed by atoms with Crippen LogP contribution in [0, 0.1) is 13.8 Å². The first-order valence-electron chi connectivity index (χ1n) is 8.52. The van der Waals surface area contributed by atoms with E-state index in [1.54, 1.807) is 18.2 Å². The zero-order valence-corrected chi connectivity index (χ0v) is 15.7. The first-order chi connectivity index (χ1) is 13.0. The molecular formula is C22H17ClO4. The number of benzene rings is 2. The lowest BCUT2D eigenvalue weighted by molar-refractivity contribution is 0.101. The Kier molecular flexibility index (Phi) is 4.50. The zero-order chi connectivity index (χ0) is 19.0. The molecule has 0 atom stereocenters. The lowest BCUT2D eigenvalue weighted by atomic mass is 10.0. The van der Waals surface area contributed by atoms with Gasteiger partial charge in [0.2, 0.25) is 5.78 Å². The van der Waals surface area contributed by atoms with Gasteiger partial charge in [0.05, 0.1) is 5.56 Å². The number of furan rings is 1. The molecule has 0 amide bonds. The van der Waals surface area contributed by atoms with Crippen LogP contribution >= 0.6 is 11.6 Å². The largest absolute Gasteiger partial charge is 0.489 e. The summed E-state index contributed by atoms with van der Waals surface area (Å²) in [7, 11) is 0. The number of ether oxygens (including phenoxy) is 2. The maximum atomic E-state index is 12.7. The van der Waals surface area contributed by atoms with Gasteiger partial charge < -0.3 is 13.9 Å². The number of aryl methyl sites for hydroxylation is 2. The number of rotatable bonds is 4. The van der Waals surface area contributed by atoms with Crippen LogP contribution in [0.1, 0.15) is 33.0 Å². The fraction of sp³-hybridized carbons (Fsp3) is 0.136. The van der Waals surface area contributed by atoms with E-state index in [1.807, 2.05) is 50.2 Å². The molecule has 0 radical (unpaired) electrons. The molecule has 136 valence electrons. The van der Waals surface area contributed by atoms with E-state index in [0.717, 1.165) is 16.9 Å². The highest BCUT2D eigenvalue weighted by molar-refractivity contribution is 6.30. The van der Waals surface area contributed by atoms with Crippen LogP contribution in [0.5, 0.6) is 11.5 Å². The van der Waals surface area contributed by atoms with Crippen molar-refractivity contribution in [3.05, 3.63) is 87.5 Å². The maximum absolute atomic E-state index is 12.7. The Morgan fingerprint density at radius 2 is 1.96 bits per heavy atom. The summed E-state index contributed by atoms with van der Waals surface area (Å²) in [5.74, 6) is 2.58. The monoisotopic (exact) mass is 380 g/mol. The Balaban J connectivity index is 1.57. The second-order valence-corrected chi connectivity index (χ2v) is 6.86. The number of hydrogen-bond donors (Lipinski definition) is 0. The van der Waals surface area contributed by atoms with Crippen LogP contribution in [0.15, 0.2) is 58.7 Å². The van der Waals surface area contributed by atoms with Crippen molar-refractivity contribution in [3.8, 4) is 11.5 Å². The van der Waals surface area contributed by atoms with Crippen molar-refractivity contribution in [1.82, 2.24) is 0 Å². The maximum Gasteiger partial charge on any atom is 0.232 e. The van der Waals surface area contributed by atoms with Crippen molar-refractivity contribution in [2.75, 3.05) is 0 Å². The average Bonchev–Trinajstić information content (AvgIpc) is 3.17. The Labute approximate surface area is 162 Å². The van der Waals surface area contributed by atoms with Gasteiger partial charge in [-0.3, -0.25) is 4.79 Å². The molecule has 2 heterocycles. The van der Waals surface area contributed by atoms with Gasteiger partial charge in [-0.25, -0.2) is 0 Å². The summed E-state index contributed by atoms with van der Waals surface area (Å²) in [5, 5.41) is 0.665. The highest BCUT2D eigenvalue weighted by Gasteiger charge is 2.30. The molecule has 27 heavy (non-hydrogen) atoms. The van der Waals surface area contributed by atoms with E-state index in [1.165, 1.54) is 0 Å². The Morgan fingerprint density at radius 3 is 2.70 bits per heavy atom. The Hall–Kier alpha value is -2.98. The predicted molar refractivity (Wildman–Crippen MR) is 103 cm³/mol. The van der Waals surface area contributed by atoms with E-state index >= 15 is 0 Å². The highest BCUT2D eigenvalue weighted by atomic mass is 35.5. The topological polar surface area (TPSA) is 48.7 Å². The first kappa shape index (κ1) is 17.4. The van der Waals surface area contributed by atoms with Crippen molar-refractivity contribution >= 4 is 23.5 Å². The summed E-state index contributed by atoms with van der Waals surface area (Å²) < 4.78 is 17.1. The number of Topliss-reactive ketones (excluding diaryl/α,β-unsaturated/α-hetero) is 1. The van der Waals surface area contributed by atoms with Gasteiger partial charge in [-0.1, -0.05) is 23.7 Å². The predicted octanol–water partition coefficient (Wildman–Crippen LogP) is 5.75. The van der Waals surface area contributed by atoms with E-state index in [4.69, 9.17) is 25.5 Å². The zero-order valence-electron chi connectivity index (χ0n) is 14.9. The molecule has 0 saturated carbocycles. The molecule has 0 bridgehead atoms. The first-order valence-corrected chi connectivity index (χ1v) is 8.90. The smallest absolute Gasteiger partial charge is 0.232 e. The summed E-state index contributed by atoms with van der Waals surface area (Å²) in [5.41, 5.74) is 2.32. The van der Waals surface area contributed by atoms with E-state index in [2.05, 4.69) is 0 Å². The van der Waals surface area contributed by atoms with Crippen LogP contribution in [-0.2, 0) is 6.61 Å². The van der Waals surface area contributed by atoms with Gasteiger partial charge in [-0.2, -0.15) is 0 Å². The Bertz CT molecular complexity index is 1060. The third kappa shape index (κ3) is 3.62. The fourth-order valence-corrected chi connectivity index (χ4v) is 3.23. The van der Waals surface area contributed by atoms with Gasteiger partial charge in [-0.05, 0) is 55.3 Å².